The maximum Gasteiger partial charge on any atom is 0.0152 e. The Hall–Kier alpha value is -0.240. The number of halogens is 1. The van der Waals surface area contributed by atoms with Crippen LogP contribution in [0.25, 0.3) is 0 Å². The summed E-state index contributed by atoms with van der Waals surface area (Å²) >= 11 is 3.50. The molecule has 0 atom stereocenters. The molecule has 0 fully saturated rings. The van der Waals surface area contributed by atoms with Crippen molar-refractivity contribution in [2.75, 3.05) is 5.33 Å². The molecular weight excluding hydrogens is 202 g/mol. The zero-order chi connectivity index (χ0) is 8.32. The molecule has 0 saturated heterocycles. The molecule has 1 N–H and O–H groups in total. The van der Waals surface area contributed by atoms with Crippen molar-refractivity contribution < 1.29 is 0 Å². The van der Waals surface area contributed by atoms with Crippen molar-refractivity contribution in [1.29, 1.82) is 0 Å². The van der Waals surface area contributed by atoms with E-state index in [9.17, 15) is 0 Å². The van der Waals surface area contributed by atoms with Crippen LogP contribution in [0, 0.1) is 5.41 Å². The average molecular weight is 216 g/mol. The summed E-state index contributed by atoms with van der Waals surface area (Å²) in [5.41, 5.74) is 1.67. The minimum Gasteiger partial charge on any atom is -0.365 e. The lowest BCUT2D eigenvalue weighted by atomic mass is 9.91. The number of aromatic amines is 1. The van der Waals surface area contributed by atoms with E-state index in [0.717, 1.165) is 11.8 Å². The van der Waals surface area contributed by atoms with Crippen LogP contribution in [-0.4, -0.2) is 10.3 Å². The molecule has 1 heterocycles. The molecule has 0 aromatic carbocycles. The summed E-state index contributed by atoms with van der Waals surface area (Å²) in [4.78, 5) is 3.21. The van der Waals surface area contributed by atoms with Crippen molar-refractivity contribution in [3.8, 4) is 0 Å². The Bertz CT molecular complexity index is 201. The highest BCUT2D eigenvalue weighted by atomic mass is 79.9. The van der Waals surface area contributed by atoms with E-state index in [2.05, 4.69) is 40.8 Å². The van der Waals surface area contributed by atoms with Gasteiger partial charge >= 0.3 is 0 Å². The van der Waals surface area contributed by atoms with Gasteiger partial charge in [0.05, 0.1) is 0 Å². The summed E-state index contributed by atoms with van der Waals surface area (Å²) in [7, 11) is 0. The smallest absolute Gasteiger partial charge is 0.0152 e. The fourth-order valence-corrected chi connectivity index (χ4v) is 1.24. The summed E-state index contributed by atoms with van der Waals surface area (Å²) in [6.45, 7) is 4.51. The topological polar surface area (TPSA) is 15.8 Å². The standard InChI is InChI=1S/C9H14BrN/c1-9(2,7-10)6-8-4-3-5-11-8/h3-5,11H,6-7H2,1-2H3. The molecule has 11 heavy (non-hydrogen) atoms. The first kappa shape index (κ1) is 8.85. The third kappa shape index (κ3) is 2.70. The number of hydrogen-bond acceptors (Lipinski definition) is 0. The van der Waals surface area contributed by atoms with Gasteiger partial charge in [0.2, 0.25) is 0 Å². The van der Waals surface area contributed by atoms with Gasteiger partial charge in [-0.1, -0.05) is 29.8 Å². The minimum atomic E-state index is 0.352. The lowest BCUT2D eigenvalue weighted by Gasteiger charge is -2.20. The molecule has 1 aromatic rings. The number of rotatable bonds is 3. The van der Waals surface area contributed by atoms with Crippen LogP contribution in [0.4, 0.5) is 0 Å². The molecule has 0 aliphatic rings. The van der Waals surface area contributed by atoms with Crippen LogP contribution in [0.1, 0.15) is 19.5 Å². The van der Waals surface area contributed by atoms with Crippen LogP contribution in [0.2, 0.25) is 0 Å². The molecule has 0 radical (unpaired) electrons. The molecule has 0 amide bonds. The molecule has 0 saturated carbocycles. The van der Waals surface area contributed by atoms with Gasteiger partial charge in [-0.25, -0.2) is 0 Å². The molecular formula is C9H14BrN. The largest absolute Gasteiger partial charge is 0.365 e. The van der Waals surface area contributed by atoms with Gasteiger partial charge in [-0.15, -0.1) is 0 Å². The van der Waals surface area contributed by atoms with Crippen molar-refractivity contribution in [2.45, 2.75) is 20.3 Å². The van der Waals surface area contributed by atoms with Gasteiger partial charge in [-0.2, -0.15) is 0 Å². The first-order valence-electron chi connectivity index (χ1n) is 3.82. The predicted molar refractivity (Wildman–Crippen MR) is 52.1 cm³/mol. The lowest BCUT2D eigenvalue weighted by Crippen LogP contribution is -2.16. The molecule has 0 spiro atoms. The highest BCUT2D eigenvalue weighted by Gasteiger charge is 2.16. The van der Waals surface area contributed by atoms with E-state index < -0.39 is 0 Å². The Morgan fingerprint density at radius 2 is 2.27 bits per heavy atom. The van der Waals surface area contributed by atoms with Gasteiger partial charge in [0.1, 0.15) is 0 Å². The number of H-pyrrole nitrogens is 1. The van der Waals surface area contributed by atoms with Gasteiger partial charge < -0.3 is 4.98 Å². The summed E-state index contributed by atoms with van der Waals surface area (Å²) in [5, 5.41) is 1.04. The van der Waals surface area contributed by atoms with E-state index in [4.69, 9.17) is 0 Å². The first-order chi connectivity index (χ1) is 5.14. The number of nitrogens with one attached hydrogen (secondary N) is 1. The van der Waals surface area contributed by atoms with Gasteiger partial charge in [-0.3, -0.25) is 0 Å². The number of hydrogen-bond donors (Lipinski definition) is 1. The third-order valence-corrected chi connectivity index (χ3v) is 3.21. The van der Waals surface area contributed by atoms with Crippen LogP contribution in [0.3, 0.4) is 0 Å². The van der Waals surface area contributed by atoms with Crippen LogP contribution in [-0.2, 0) is 6.42 Å². The summed E-state index contributed by atoms with van der Waals surface area (Å²) in [5.74, 6) is 0. The second-order valence-electron chi connectivity index (χ2n) is 3.67. The average Bonchev–Trinajstić information content (AvgIpc) is 2.39. The second kappa shape index (κ2) is 3.44. The normalized spacial score (nSPS) is 11.9. The molecule has 1 nitrogen and oxygen atoms in total. The van der Waals surface area contributed by atoms with E-state index in [1.807, 2.05) is 12.3 Å². The summed E-state index contributed by atoms with van der Waals surface area (Å²) in [6, 6.07) is 4.17. The number of aromatic nitrogens is 1. The quantitative estimate of drug-likeness (QED) is 0.747. The second-order valence-corrected chi connectivity index (χ2v) is 4.23. The third-order valence-electron chi connectivity index (χ3n) is 1.69. The van der Waals surface area contributed by atoms with Crippen molar-refractivity contribution in [2.24, 2.45) is 5.41 Å². The van der Waals surface area contributed by atoms with E-state index in [1.165, 1.54) is 5.69 Å². The Balaban J connectivity index is 2.56. The van der Waals surface area contributed by atoms with Crippen LogP contribution >= 0.6 is 15.9 Å². The lowest BCUT2D eigenvalue weighted by molar-refractivity contribution is 0.420. The summed E-state index contributed by atoms with van der Waals surface area (Å²) < 4.78 is 0. The minimum absolute atomic E-state index is 0.352. The van der Waals surface area contributed by atoms with Gasteiger partial charge in [0.25, 0.3) is 0 Å². The molecule has 0 unspecified atom stereocenters. The Morgan fingerprint density at radius 3 is 2.73 bits per heavy atom. The fraction of sp³-hybridized carbons (Fsp3) is 0.556. The van der Waals surface area contributed by atoms with Crippen molar-refractivity contribution in [1.82, 2.24) is 4.98 Å². The van der Waals surface area contributed by atoms with Gasteiger partial charge in [0.15, 0.2) is 0 Å². The van der Waals surface area contributed by atoms with Gasteiger partial charge in [0, 0.05) is 17.2 Å². The van der Waals surface area contributed by atoms with Gasteiger partial charge in [-0.05, 0) is 24.0 Å². The van der Waals surface area contributed by atoms with E-state index in [1.54, 1.807) is 0 Å². The molecule has 0 aliphatic carbocycles. The van der Waals surface area contributed by atoms with Crippen LogP contribution < -0.4 is 0 Å². The SMILES string of the molecule is CC(C)(CBr)Cc1ccc[nH]1. The van der Waals surface area contributed by atoms with Crippen molar-refractivity contribution in [3.63, 3.8) is 0 Å². The Morgan fingerprint density at radius 1 is 1.55 bits per heavy atom. The van der Waals surface area contributed by atoms with E-state index in [0.29, 0.717) is 5.41 Å². The molecule has 2 heteroatoms. The van der Waals surface area contributed by atoms with Crippen LogP contribution in [0.15, 0.2) is 18.3 Å². The maximum absolute atomic E-state index is 3.50. The summed E-state index contributed by atoms with van der Waals surface area (Å²) in [6.07, 6.45) is 3.07. The molecule has 1 rings (SSSR count). The van der Waals surface area contributed by atoms with Crippen LogP contribution in [0.5, 0.6) is 0 Å². The first-order valence-corrected chi connectivity index (χ1v) is 4.94. The highest BCUT2D eigenvalue weighted by Crippen LogP contribution is 2.22. The van der Waals surface area contributed by atoms with E-state index >= 15 is 0 Å². The monoisotopic (exact) mass is 215 g/mol. The zero-order valence-electron chi connectivity index (χ0n) is 7.02. The predicted octanol–water partition coefficient (Wildman–Crippen LogP) is 2.98. The van der Waals surface area contributed by atoms with Crippen molar-refractivity contribution in [3.05, 3.63) is 24.0 Å². The molecule has 1 aromatic heterocycles. The Labute approximate surface area is 76.3 Å². The number of alkyl halides is 1. The molecule has 0 aliphatic heterocycles. The van der Waals surface area contributed by atoms with E-state index in [-0.39, 0.29) is 0 Å². The van der Waals surface area contributed by atoms with Crippen molar-refractivity contribution >= 4 is 15.9 Å². The highest BCUT2D eigenvalue weighted by molar-refractivity contribution is 9.09. The zero-order valence-corrected chi connectivity index (χ0v) is 8.61. The molecule has 62 valence electrons. The fourth-order valence-electron chi connectivity index (χ4n) is 1.04. The maximum atomic E-state index is 3.50. The Kier molecular flexibility index (Phi) is 2.77. The molecule has 0 bridgehead atoms.